The highest BCUT2D eigenvalue weighted by Crippen LogP contribution is 2.32. The summed E-state index contributed by atoms with van der Waals surface area (Å²) in [6, 6.07) is 8.04. The van der Waals surface area contributed by atoms with Gasteiger partial charge in [0.15, 0.2) is 0 Å². The molecule has 4 heteroatoms. The van der Waals surface area contributed by atoms with Gasteiger partial charge in [0.2, 0.25) is 5.88 Å². The molecule has 19 heavy (non-hydrogen) atoms. The average molecular weight is 258 g/mol. The maximum Gasteiger partial charge on any atom is 0.238 e. The Labute approximate surface area is 112 Å². The molecule has 1 N–H and O–H groups in total. The highest BCUT2D eigenvalue weighted by Gasteiger charge is 2.12. The molecule has 3 rings (SSSR count). The first kappa shape index (κ1) is 13.4. The van der Waals surface area contributed by atoms with Crippen LogP contribution in [0, 0.1) is 6.92 Å². The molecule has 0 unspecified atom stereocenters. The fourth-order valence-corrected chi connectivity index (χ4v) is 2.13. The number of fused-ring (bicyclic) bond motifs is 3. The zero-order valence-electron chi connectivity index (χ0n) is 11.7. The molecule has 4 nitrogen and oxygen atoms in total. The van der Waals surface area contributed by atoms with E-state index in [2.05, 4.69) is 9.97 Å². The minimum atomic E-state index is 0.626. The molecule has 1 aromatic carbocycles. The molecular weight excluding hydrogens is 240 g/mol. The topological polar surface area (TPSA) is 47.1 Å². The van der Waals surface area contributed by atoms with Crippen LogP contribution in [-0.2, 0) is 4.89 Å². The summed E-state index contributed by atoms with van der Waals surface area (Å²) >= 11 is 0. The number of nitrogens with one attached hydrogen (secondary N) is 1. The predicted molar refractivity (Wildman–Crippen MR) is 77.3 cm³/mol. The van der Waals surface area contributed by atoms with Gasteiger partial charge in [-0.25, -0.2) is 0 Å². The van der Waals surface area contributed by atoms with Gasteiger partial charge in [-0.2, -0.15) is 4.89 Å². The molecular formula is C15H18N2O2. The lowest BCUT2D eigenvalue weighted by Gasteiger charge is -1.99. The van der Waals surface area contributed by atoms with E-state index in [4.69, 9.17) is 9.78 Å². The first-order chi connectivity index (χ1) is 9.31. The van der Waals surface area contributed by atoms with Gasteiger partial charge in [0.05, 0.1) is 18.1 Å². The van der Waals surface area contributed by atoms with Gasteiger partial charge < -0.3 is 9.87 Å². The minimum absolute atomic E-state index is 0.626. The Morgan fingerprint density at radius 1 is 1.16 bits per heavy atom. The molecule has 0 bridgehead atoms. The first-order valence-corrected chi connectivity index (χ1v) is 6.38. The van der Waals surface area contributed by atoms with Crippen molar-refractivity contribution in [2.75, 3.05) is 7.11 Å². The summed E-state index contributed by atoms with van der Waals surface area (Å²) in [6.07, 6.45) is 1.80. The number of aromatic nitrogens is 2. The van der Waals surface area contributed by atoms with Crippen LogP contribution in [0.3, 0.4) is 0 Å². The Morgan fingerprint density at radius 3 is 2.68 bits per heavy atom. The monoisotopic (exact) mass is 258 g/mol. The number of pyridine rings is 1. The number of hydrogen-bond donors (Lipinski definition) is 1. The largest absolute Gasteiger partial charge is 0.323 e. The summed E-state index contributed by atoms with van der Waals surface area (Å²) in [7, 11) is 1.49. The lowest BCUT2D eigenvalue weighted by molar-refractivity contribution is -0.181. The van der Waals surface area contributed by atoms with Crippen molar-refractivity contribution in [1.29, 1.82) is 0 Å². The molecule has 0 spiro atoms. The molecule has 3 aromatic rings. The Kier molecular flexibility index (Phi) is 4.02. The third-order valence-electron chi connectivity index (χ3n) is 2.91. The summed E-state index contributed by atoms with van der Waals surface area (Å²) in [5.74, 6) is 0.626. The van der Waals surface area contributed by atoms with E-state index in [1.807, 2.05) is 45.0 Å². The molecule has 0 aliphatic heterocycles. The van der Waals surface area contributed by atoms with E-state index in [0.29, 0.717) is 5.88 Å². The van der Waals surface area contributed by atoms with Crippen molar-refractivity contribution < 1.29 is 9.78 Å². The Bertz CT molecular complexity index is 689. The van der Waals surface area contributed by atoms with E-state index in [-0.39, 0.29) is 0 Å². The highest BCUT2D eigenvalue weighted by molar-refractivity contribution is 6.06. The molecule has 2 heterocycles. The second kappa shape index (κ2) is 5.71. The smallest absolute Gasteiger partial charge is 0.238 e. The lowest BCUT2D eigenvalue weighted by atomic mass is 10.1. The zero-order chi connectivity index (χ0) is 13.8. The van der Waals surface area contributed by atoms with Crippen molar-refractivity contribution in [3.05, 3.63) is 36.0 Å². The van der Waals surface area contributed by atoms with Crippen LogP contribution in [0.25, 0.3) is 21.8 Å². The lowest BCUT2D eigenvalue weighted by Crippen LogP contribution is -1.91. The molecule has 0 saturated carbocycles. The minimum Gasteiger partial charge on any atom is -0.323 e. The second-order valence-corrected chi connectivity index (χ2v) is 3.89. The molecule has 0 aliphatic carbocycles. The van der Waals surface area contributed by atoms with Crippen molar-refractivity contribution in [2.24, 2.45) is 0 Å². The standard InChI is InChI=1S/C13H12N2O2.C2H6/c1-8-11-10(15-13(8)17-16-2)6-5-9-4-3-7-14-12(9)11;1-2/h3-7,15H,1-2H3;1-2H3. The molecule has 0 amide bonds. The van der Waals surface area contributed by atoms with Crippen LogP contribution < -0.4 is 4.89 Å². The van der Waals surface area contributed by atoms with Gasteiger partial charge in [0, 0.05) is 22.5 Å². The van der Waals surface area contributed by atoms with Gasteiger partial charge in [0.1, 0.15) is 0 Å². The van der Waals surface area contributed by atoms with E-state index in [0.717, 1.165) is 27.4 Å². The van der Waals surface area contributed by atoms with Crippen LogP contribution in [0.5, 0.6) is 5.88 Å². The van der Waals surface area contributed by atoms with Gasteiger partial charge in [0.25, 0.3) is 0 Å². The molecule has 0 aliphatic rings. The quantitative estimate of drug-likeness (QED) is 0.558. The molecule has 2 aromatic heterocycles. The van der Waals surface area contributed by atoms with Gasteiger partial charge >= 0.3 is 0 Å². The molecule has 0 saturated heterocycles. The van der Waals surface area contributed by atoms with E-state index in [1.165, 1.54) is 7.11 Å². The normalized spacial score (nSPS) is 10.3. The SMILES string of the molecule is CC.COOc1[nH]c2ccc3cccnc3c2c1C. The van der Waals surface area contributed by atoms with Crippen molar-refractivity contribution in [1.82, 2.24) is 9.97 Å². The van der Waals surface area contributed by atoms with E-state index >= 15 is 0 Å². The maximum atomic E-state index is 5.09. The van der Waals surface area contributed by atoms with Crippen molar-refractivity contribution in [3.8, 4) is 5.88 Å². The summed E-state index contributed by atoms with van der Waals surface area (Å²) in [5.41, 5.74) is 2.98. The fourth-order valence-electron chi connectivity index (χ4n) is 2.13. The summed E-state index contributed by atoms with van der Waals surface area (Å²) < 4.78 is 0. The summed E-state index contributed by atoms with van der Waals surface area (Å²) in [5, 5.41) is 2.20. The van der Waals surface area contributed by atoms with E-state index in [1.54, 1.807) is 6.20 Å². The predicted octanol–water partition coefficient (Wildman–Crippen LogP) is 3.99. The number of rotatable bonds is 2. The number of aromatic amines is 1. The number of hydrogen-bond acceptors (Lipinski definition) is 3. The van der Waals surface area contributed by atoms with Crippen LogP contribution in [0.4, 0.5) is 0 Å². The number of nitrogens with zero attached hydrogens (tertiary/aromatic N) is 1. The molecule has 100 valence electrons. The third-order valence-corrected chi connectivity index (χ3v) is 2.91. The Balaban J connectivity index is 0.000000637. The van der Waals surface area contributed by atoms with Crippen molar-refractivity contribution in [2.45, 2.75) is 20.8 Å². The summed E-state index contributed by atoms with van der Waals surface area (Å²) in [4.78, 5) is 17.4. The zero-order valence-corrected chi connectivity index (χ0v) is 11.7. The van der Waals surface area contributed by atoms with E-state index in [9.17, 15) is 0 Å². The van der Waals surface area contributed by atoms with Crippen LogP contribution in [-0.4, -0.2) is 17.1 Å². The highest BCUT2D eigenvalue weighted by atomic mass is 17.2. The fraction of sp³-hybridized carbons (Fsp3) is 0.267. The first-order valence-electron chi connectivity index (χ1n) is 6.38. The van der Waals surface area contributed by atoms with Crippen molar-refractivity contribution in [3.63, 3.8) is 0 Å². The maximum absolute atomic E-state index is 5.09. The van der Waals surface area contributed by atoms with Gasteiger partial charge in [-0.05, 0) is 19.1 Å². The van der Waals surface area contributed by atoms with Crippen molar-refractivity contribution >= 4 is 21.8 Å². The molecule has 0 atom stereocenters. The summed E-state index contributed by atoms with van der Waals surface area (Å²) in [6.45, 7) is 5.99. The van der Waals surface area contributed by atoms with Gasteiger partial charge in [-0.1, -0.05) is 26.0 Å². The Hall–Kier alpha value is -2.07. The number of benzene rings is 1. The van der Waals surface area contributed by atoms with E-state index < -0.39 is 0 Å². The van der Waals surface area contributed by atoms with Crippen LogP contribution in [0.2, 0.25) is 0 Å². The third kappa shape index (κ3) is 2.27. The van der Waals surface area contributed by atoms with Gasteiger partial charge in [-0.3, -0.25) is 4.98 Å². The van der Waals surface area contributed by atoms with Crippen LogP contribution in [0.1, 0.15) is 19.4 Å². The average Bonchev–Trinajstić information content (AvgIpc) is 2.79. The number of aryl methyl sites for hydroxylation is 1. The van der Waals surface area contributed by atoms with Gasteiger partial charge in [-0.15, -0.1) is 0 Å². The Morgan fingerprint density at radius 2 is 1.95 bits per heavy atom. The van der Waals surface area contributed by atoms with Crippen LogP contribution in [0.15, 0.2) is 30.5 Å². The molecule has 0 fully saturated rings. The van der Waals surface area contributed by atoms with Crippen LogP contribution >= 0.6 is 0 Å². The second-order valence-electron chi connectivity index (χ2n) is 3.89. The molecule has 0 radical (unpaired) electrons. The number of H-pyrrole nitrogens is 1.